The van der Waals surface area contributed by atoms with E-state index >= 15 is 0 Å². The summed E-state index contributed by atoms with van der Waals surface area (Å²) >= 11 is 0. The summed E-state index contributed by atoms with van der Waals surface area (Å²) < 4.78 is 10.7. The van der Waals surface area contributed by atoms with Crippen LogP contribution in [0.1, 0.15) is 24.5 Å². The van der Waals surface area contributed by atoms with Crippen molar-refractivity contribution in [2.75, 3.05) is 19.9 Å². The SMILES string of the molecule is C[C@@H](C(=O)NCc1ccc2c(c1)OCO2)N1CC=C(c2ccccc2)CC1. The maximum Gasteiger partial charge on any atom is 0.237 e. The van der Waals surface area contributed by atoms with Crippen molar-refractivity contribution in [3.05, 3.63) is 65.7 Å². The molecular weight excluding hydrogens is 340 g/mol. The van der Waals surface area contributed by atoms with Gasteiger partial charge < -0.3 is 14.8 Å². The summed E-state index contributed by atoms with van der Waals surface area (Å²) in [5, 5.41) is 3.03. The molecule has 1 atom stereocenters. The Hall–Kier alpha value is -2.79. The molecule has 0 radical (unpaired) electrons. The molecule has 1 N–H and O–H groups in total. The molecule has 0 bridgehead atoms. The third-order valence-corrected chi connectivity index (χ3v) is 5.22. The Balaban J connectivity index is 1.31. The third kappa shape index (κ3) is 3.98. The molecule has 0 saturated carbocycles. The number of nitrogens with zero attached hydrogens (tertiary/aromatic N) is 1. The first-order chi connectivity index (χ1) is 13.2. The van der Waals surface area contributed by atoms with Crippen LogP contribution in [0.3, 0.4) is 0 Å². The quantitative estimate of drug-likeness (QED) is 0.885. The van der Waals surface area contributed by atoms with E-state index in [4.69, 9.17) is 9.47 Å². The number of carbonyl (C=O) groups is 1. The third-order valence-electron chi connectivity index (χ3n) is 5.22. The van der Waals surface area contributed by atoms with Gasteiger partial charge in [-0.25, -0.2) is 0 Å². The summed E-state index contributed by atoms with van der Waals surface area (Å²) in [5.74, 6) is 1.54. The summed E-state index contributed by atoms with van der Waals surface area (Å²) in [6, 6.07) is 16.0. The average Bonchev–Trinajstić information content (AvgIpc) is 3.20. The summed E-state index contributed by atoms with van der Waals surface area (Å²) in [4.78, 5) is 14.8. The van der Waals surface area contributed by atoms with E-state index in [1.54, 1.807) is 0 Å². The minimum absolute atomic E-state index is 0.0456. The van der Waals surface area contributed by atoms with Gasteiger partial charge in [-0.1, -0.05) is 42.5 Å². The fraction of sp³-hybridized carbons (Fsp3) is 0.318. The van der Waals surface area contributed by atoms with Crippen LogP contribution in [0, 0.1) is 0 Å². The van der Waals surface area contributed by atoms with Gasteiger partial charge in [0.1, 0.15) is 0 Å². The molecule has 4 rings (SSSR count). The minimum atomic E-state index is -0.160. The van der Waals surface area contributed by atoms with Crippen molar-refractivity contribution >= 4 is 11.5 Å². The van der Waals surface area contributed by atoms with E-state index in [0.717, 1.165) is 36.6 Å². The van der Waals surface area contributed by atoms with Crippen LogP contribution < -0.4 is 14.8 Å². The molecule has 0 saturated heterocycles. The van der Waals surface area contributed by atoms with E-state index in [2.05, 4.69) is 40.6 Å². The number of benzene rings is 2. The first-order valence-electron chi connectivity index (χ1n) is 9.35. The van der Waals surface area contributed by atoms with Crippen molar-refractivity contribution < 1.29 is 14.3 Å². The zero-order valence-corrected chi connectivity index (χ0v) is 15.5. The van der Waals surface area contributed by atoms with E-state index in [-0.39, 0.29) is 18.7 Å². The van der Waals surface area contributed by atoms with Crippen molar-refractivity contribution in [1.82, 2.24) is 10.2 Å². The van der Waals surface area contributed by atoms with Crippen molar-refractivity contribution in [3.8, 4) is 11.5 Å². The van der Waals surface area contributed by atoms with Crippen molar-refractivity contribution in [2.24, 2.45) is 0 Å². The van der Waals surface area contributed by atoms with Crippen LogP contribution in [-0.4, -0.2) is 36.7 Å². The number of nitrogens with one attached hydrogen (secondary N) is 1. The van der Waals surface area contributed by atoms with Crippen molar-refractivity contribution in [2.45, 2.75) is 25.9 Å². The maximum atomic E-state index is 12.6. The molecule has 2 aromatic carbocycles. The Labute approximate surface area is 159 Å². The molecule has 0 aromatic heterocycles. The Morgan fingerprint density at radius 3 is 2.74 bits per heavy atom. The van der Waals surface area contributed by atoms with Gasteiger partial charge in [0, 0.05) is 19.6 Å². The second kappa shape index (κ2) is 7.84. The Kier molecular flexibility index (Phi) is 5.12. The molecule has 0 aliphatic carbocycles. The zero-order valence-electron chi connectivity index (χ0n) is 15.5. The number of hydrogen-bond donors (Lipinski definition) is 1. The van der Waals surface area contributed by atoms with Crippen LogP contribution >= 0.6 is 0 Å². The van der Waals surface area contributed by atoms with Gasteiger partial charge in [0.2, 0.25) is 12.7 Å². The van der Waals surface area contributed by atoms with Crippen LogP contribution in [-0.2, 0) is 11.3 Å². The Bertz CT molecular complexity index is 848. The first kappa shape index (κ1) is 17.6. The molecule has 2 heterocycles. The molecule has 0 spiro atoms. The summed E-state index contributed by atoms with van der Waals surface area (Å²) in [6.07, 6.45) is 3.20. The largest absolute Gasteiger partial charge is 0.454 e. The molecule has 2 aliphatic heterocycles. The van der Waals surface area contributed by atoms with Gasteiger partial charge in [-0.2, -0.15) is 0 Å². The highest BCUT2D eigenvalue weighted by Gasteiger charge is 2.23. The van der Waals surface area contributed by atoms with Crippen LogP contribution in [0.5, 0.6) is 11.5 Å². The Morgan fingerprint density at radius 2 is 1.96 bits per heavy atom. The second-order valence-electron chi connectivity index (χ2n) is 6.92. The highest BCUT2D eigenvalue weighted by Crippen LogP contribution is 2.32. The average molecular weight is 364 g/mol. The molecule has 140 valence electrons. The molecule has 27 heavy (non-hydrogen) atoms. The van der Waals surface area contributed by atoms with Crippen LogP contribution in [0.4, 0.5) is 0 Å². The fourth-order valence-corrected chi connectivity index (χ4v) is 3.50. The smallest absolute Gasteiger partial charge is 0.237 e. The number of amides is 1. The van der Waals surface area contributed by atoms with E-state index in [1.165, 1.54) is 11.1 Å². The van der Waals surface area contributed by atoms with Crippen LogP contribution in [0.25, 0.3) is 5.57 Å². The second-order valence-corrected chi connectivity index (χ2v) is 6.92. The first-order valence-corrected chi connectivity index (χ1v) is 9.35. The van der Waals surface area contributed by atoms with Gasteiger partial charge in [0.15, 0.2) is 11.5 Å². The number of ether oxygens (including phenoxy) is 2. The van der Waals surface area contributed by atoms with Gasteiger partial charge in [-0.3, -0.25) is 9.69 Å². The normalized spacial score (nSPS) is 17.3. The number of carbonyl (C=O) groups excluding carboxylic acids is 1. The number of rotatable bonds is 5. The van der Waals surface area contributed by atoms with E-state index in [1.807, 2.05) is 31.2 Å². The predicted octanol–water partition coefficient (Wildman–Crippen LogP) is 3.21. The lowest BCUT2D eigenvalue weighted by Crippen LogP contribution is -2.46. The van der Waals surface area contributed by atoms with Crippen molar-refractivity contribution in [3.63, 3.8) is 0 Å². The highest BCUT2D eigenvalue weighted by molar-refractivity contribution is 5.81. The van der Waals surface area contributed by atoms with E-state index in [9.17, 15) is 4.79 Å². The van der Waals surface area contributed by atoms with Crippen LogP contribution in [0.15, 0.2) is 54.6 Å². The zero-order chi connectivity index (χ0) is 18.6. The standard InChI is InChI=1S/C22H24N2O3/c1-16(24-11-9-19(10-12-24)18-5-3-2-4-6-18)22(25)23-14-17-7-8-20-21(13-17)27-15-26-20/h2-9,13,16H,10-12,14-15H2,1H3,(H,23,25)/t16-/m0/s1. The highest BCUT2D eigenvalue weighted by atomic mass is 16.7. The Morgan fingerprint density at radius 1 is 1.15 bits per heavy atom. The van der Waals surface area contributed by atoms with E-state index < -0.39 is 0 Å². The lowest BCUT2D eigenvalue weighted by molar-refractivity contribution is -0.125. The molecule has 5 nitrogen and oxygen atoms in total. The molecule has 0 unspecified atom stereocenters. The minimum Gasteiger partial charge on any atom is -0.454 e. The molecule has 0 fully saturated rings. The monoisotopic (exact) mass is 364 g/mol. The van der Waals surface area contributed by atoms with Crippen molar-refractivity contribution in [1.29, 1.82) is 0 Å². The van der Waals surface area contributed by atoms with Crippen LogP contribution in [0.2, 0.25) is 0 Å². The van der Waals surface area contributed by atoms with Gasteiger partial charge >= 0.3 is 0 Å². The fourth-order valence-electron chi connectivity index (χ4n) is 3.50. The summed E-state index contributed by atoms with van der Waals surface area (Å²) in [7, 11) is 0. The molecule has 1 amide bonds. The topological polar surface area (TPSA) is 50.8 Å². The van der Waals surface area contributed by atoms with Gasteiger partial charge in [-0.15, -0.1) is 0 Å². The summed E-state index contributed by atoms with van der Waals surface area (Å²) in [6.45, 7) is 4.40. The van der Waals surface area contributed by atoms with Gasteiger partial charge in [-0.05, 0) is 42.2 Å². The van der Waals surface area contributed by atoms with Gasteiger partial charge in [0.05, 0.1) is 6.04 Å². The van der Waals surface area contributed by atoms with Gasteiger partial charge in [0.25, 0.3) is 0 Å². The summed E-state index contributed by atoms with van der Waals surface area (Å²) in [5.41, 5.74) is 3.64. The predicted molar refractivity (Wildman–Crippen MR) is 104 cm³/mol. The number of hydrogen-bond acceptors (Lipinski definition) is 4. The maximum absolute atomic E-state index is 12.6. The number of fused-ring (bicyclic) bond motifs is 1. The molecule has 2 aromatic rings. The van der Waals surface area contributed by atoms with E-state index in [0.29, 0.717) is 6.54 Å². The lowest BCUT2D eigenvalue weighted by Gasteiger charge is -2.31. The molecule has 2 aliphatic rings. The lowest BCUT2D eigenvalue weighted by atomic mass is 9.99. The molecule has 5 heteroatoms. The molecular formula is C22H24N2O3.